The first-order chi connectivity index (χ1) is 26.2. The number of furan rings is 1. The van der Waals surface area contributed by atoms with Crippen LogP contribution >= 0.6 is 11.3 Å². The molecule has 0 unspecified atom stereocenters. The minimum Gasteiger partial charge on any atom is -0.456 e. The van der Waals surface area contributed by atoms with Gasteiger partial charge in [0, 0.05) is 42.0 Å². The third kappa shape index (κ3) is 4.44. The summed E-state index contributed by atoms with van der Waals surface area (Å²) in [5.41, 5.74) is 13.5. The topological polar surface area (TPSA) is 16.4 Å². The molecule has 0 bridgehead atoms. The van der Waals surface area contributed by atoms with Gasteiger partial charge in [-0.3, -0.25) is 0 Å². The summed E-state index contributed by atoms with van der Waals surface area (Å²) in [6, 6.07) is 66.3. The van der Waals surface area contributed by atoms with Gasteiger partial charge in [-0.25, -0.2) is 0 Å². The van der Waals surface area contributed by atoms with Crippen LogP contribution in [0.4, 0.5) is 17.1 Å². The lowest BCUT2D eigenvalue weighted by molar-refractivity contribution is 0.662. The van der Waals surface area contributed by atoms with Crippen LogP contribution in [0.5, 0.6) is 0 Å². The molecule has 11 rings (SSSR count). The highest BCUT2D eigenvalue weighted by Crippen LogP contribution is 2.57. The van der Waals surface area contributed by atoms with E-state index in [0.29, 0.717) is 0 Å². The van der Waals surface area contributed by atoms with Crippen LogP contribution in [0.1, 0.15) is 23.6 Å². The van der Waals surface area contributed by atoms with E-state index in [1.807, 2.05) is 11.3 Å². The summed E-state index contributed by atoms with van der Waals surface area (Å²) in [6.07, 6.45) is 0. The van der Waals surface area contributed by atoms with Gasteiger partial charge in [-0.15, -0.1) is 11.3 Å². The molecule has 0 saturated heterocycles. The lowest BCUT2D eigenvalue weighted by Gasteiger charge is -2.35. The van der Waals surface area contributed by atoms with E-state index in [9.17, 15) is 0 Å². The molecule has 2 heterocycles. The normalized spacial score (nSPS) is 13.2. The molecule has 0 amide bonds. The first-order valence-electron chi connectivity index (χ1n) is 18.2. The predicted molar refractivity (Wildman–Crippen MR) is 224 cm³/mol. The van der Waals surface area contributed by atoms with Crippen molar-refractivity contribution in [1.29, 1.82) is 0 Å². The second-order valence-electron chi connectivity index (χ2n) is 14.2. The Balaban J connectivity index is 1.27. The fourth-order valence-corrected chi connectivity index (χ4v) is 10.00. The van der Waals surface area contributed by atoms with Crippen LogP contribution in [0.25, 0.3) is 64.4 Å². The predicted octanol–water partition coefficient (Wildman–Crippen LogP) is 14.4. The molecule has 53 heavy (non-hydrogen) atoms. The van der Waals surface area contributed by atoms with Crippen molar-refractivity contribution in [3.8, 4) is 22.3 Å². The van der Waals surface area contributed by atoms with E-state index >= 15 is 0 Å². The van der Waals surface area contributed by atoms with E-state index in [-0.39, 0.29) is 0 Å². The van der Waals surface area contributed by atoms with Gasteiger partial charge >= 0.3 is 0 Å². The van der Waals surface area contributed by atoms with Crippen LogP contribution < -0.4 is 4.90 Å². The first-order valence-corrected chi connectivity index (χ1v) is 19.0. The number of thiophene rings is 1. The van der Waals surface area contributed by atoms with Crippen molar-refractivity contribution in [1.82, 2.24) is 0 Å². The Morgan fingerprint density at radius 1 is 0.453 bits per heavy atom. The Morgan fingerprint density at radius 2 is 1.08 bits per heavy atom. The van der Waals surface area contributed by atoms with Crippen LogP contribution in [0.3, 0.4) is 0 Å². The monoisotopic (exact) mass is 695 g/mol. The maximum absolute atomic E-state index is 6.68. The summed E-state index contributed by atoms with van der Waals surface area (Å²) in [6.45, 7) is 2.41. The Hall–Kier alpha value is -6.42. The molecule has 250 valence electrons. The maximum Gasteiger partial charge on any atom is 0.135 e. The molecule has 10 aromatic rings. The molecular formula is C50H33NOS. The quantitative estimate of drug-likeness (QED) is 0.178. The first kappa shape index (κ1) is 30.2. The molecule has 0 atom stereocenters. The van der Waals surface area contributed by atoms with Gasteiger partial charge in [0.25, 0.3) is 0 Å². The zero-order valence-electron chi connectivity index (χ0n) is 29.1. The number of hydrogen-bond acceptors (Lipinski definition) is 3. The lowest BCUT2D eigenvalue weighted by atomic mass is 9.73. The average molecular weight is 696 g/mol. The van der Waals surface area contributed by atoms with Crippen LogP contribution in [0.2, 0.25) is 0 Å². The van der Waals surface area contributed by atoms with Crippen molar-refractivity contribution in [2.24, 2.45) is 0 Å². The zero-order chi connectivity index (χ0) is 35.1. The Labute approximate surface area is 311 Å². The van der Waals surface area contributed by atoms with Gasteiger partial charge in [0.15, 0.2) is 0 Å². The molecule has 0 saturated carbocycles. The van der Waals surface area contributed by atoms with E-state index in [1.54, 1.807) is 0 Å². The number of anilines is 3. The van der Waals surface area contributed by atoms with Crippen LogP contribution in [-0.2, 0) is 5.41 Å². The van der Waals surface area contributed by atoms with Gasteiger partial charge in [-0.1, -0.05) is 133 Å². The number of nitrogens with zero attached hydrogens (tertiary/aromatic N) is 1. The number of para-hydroxylation sites is 1. The molecule has 8 aromatic carbocycles. The summed E-state index contributed by atoms with van der Waals surface area (Å²) in [5, 5.41) is 4.76. The lowest BCUT2D eigenvalue weighted by Crippen LogP contribution is -2.26. The summed E-state index contributed by atoms with van der Waals surface area (Å²) in [7, 11) is 0. The van der Waals surface area contributed by atoms with Gasteiger partial charge in [-0.2, -0.15) is 0 Å². The fraction of sp³-hybridized carbons (Fsp3) is 0.0400. The molecule has 0 fully saturated rings. The molecular weight excluding hydrogens is 663 g/mol. The summed E-state index contributed by atoms with van der Waals surface area (Å²) in [4.78, 5) is 2.52. The Kier molecular flexibility index (Phi) is 6.58. The standard InChI is InChI=1S/C50H33NOS/c1-50(40-20-9-5-16-35(40)36-17-6-10-21-41(36)50)42-31-46-39(37-18-7-11-23-45(37)52-46)30-44(42)51(34-28-26-33(27-29-34)32-14-3-2-4-15-32)43-22-13-25-48-49(43)38-19-8-12-24-47(38)53-48/h2-31H,1H3. The highest BCUT2D eigenvalue weighted by Gasteiger charge is 2.43. The third-order valence-electron chi connectivity index (χ3n) is 11.4. The van der Waals surface area contributed by atoms with E-state index in [2.05, 4.69) is 194 Å². The van der Waals surface area contributed by atoms with Crippen molar-refractivity contribution < 1.29 is 4.42 Å². The van der Waals surface area contributed by atoms with Crippen molar-refractivity contribution in [3.05, 3.63) is 199 Å². The largest absolute Gasteiger partial charge is 0.456 e. The van der Waals surface area contributed by atoms with Crippen molar-refractivity contribution >= 4 is 70.5 Å². The van der Waals surface area contributed by atoms with Gasteiger partial charge in [0.05, 0.1) is 11.4 Å². The molecule has 0 N–H and O–H groups in total. The fourth-order valence-electron chi connectivity index (χ4n) is 8.87. The SMILES string of the molecule is CC1(c2cc3oc4ccccc4c3cc2N(c2ccc(-c3ccccc3)cc2)c2cccc3sc4ccccc4c23)c2ccccc2-c2ccccc21. The third-order valence-corrected chi connectivity index (χ3v) is 12.5. The minimum absolute atomic E-state index is 0.470. The van der Waals surface area contributed by atoms with Gasteiger partial charge in [0.2, 0.25) is 0 Å². The molecule has 2 aromatic heterocycles. The maximum atomic E-state index is 6.68. The minimum atomic E-state index is -0.470. The second-order valence-corrected chi connectivity index (χ2v) is 15.3. The van der Waals surface area contributed by atoms with Gasteiger partial charge in [0.1, 0.15) is 11.2 Å². The Morgan fingerprint density at radius 3 is 1.85 bits per heavy atom. The molecule has 0 radical (unpaired) electrons. The van der Waals surface area contributed by atoms with Crippen LogP contribution in [0, 0.1) is 0 Å². The molecule has 0 aliphatic heterocycles. The number of rotatable bonds is 5. The Bertz CT molecular complexity index is 2980. The molecule has 2 nitrogen and oxygen atoms in total. The second kappa shape index (κ2) is 11.5. The molecule has 3 heteroatoms. The van der Waals surface area contributed by atoms with Crippen molar-refractivity contribution in [3.63, 3.8) is 0 Å². The van der Waals surface area contributed by atoms with E-state index < -0.39 is 5.41 Å². The van der Waals surface area contributed by atoms with E-state index in [0.717, 1.165) is 39.0 Å². The average Bonchev–Trinajstić information content (AvgIpc) is 3.87. The van der Waals surface area contributed by atoms with Crippen molar-refractivity contribution in [2.75, 3.05) is 4.90 Å². The molecule has 1 aliphatic carbocycles. The molecule has 0 spiro atoms. The highest BCUT2D eigenvalue weighted by atomic mass is 32.1. The number of fused-ring (bicyclic) bond motifs is 9. The van der Waals surface area contributed by atoms with E-state index in [1.165, 1.54) is 59.1 Å². The van der Waals surface area contributed by atoms with E-state index in [4.69, 9.17) is 4.42 Å². The summed E-state index contributed by atoms with van der Waals surface area (Å²) < 4.78 is 9.24. The highest BCUT2D eigenvalue weighted by molar-refractivity contribution is 7.26. The number of hydrogen-bond donors (Lipinski definition) is 0. The summed E-state index contributed by atoms with van der Waals surface area (Å²) >= 11 is 1.86. The number of benzene rings is 8. The van der Waals surface area contributed by atoms with Crippen LogP contribution in [-0.4, -0.2) is 0 Å². The van der Waals surface area contributed by atoms with Crippen LogP contribution in [0.15, 0.2) is 186 Å². The zero-order valence-corrected chi connectivity index (χ0v) is 29.9. The van der Waals surface area contributed by atoms with Crippen molar-refractivity contribution in [2.45, 2.75) is 12.3 Å². The smallest absolute Gasteiger partial charge is 0.135 e. The van der Waals surface area contributed by atoms with Gasteiger partial charge in [-0.05, 0) is 94.4 Å². The van der Waals surface area contributed by atoms with Gasteiger partial charge < -0.3 is 9.32 Å². The molecule has 1 aliphatic rings. The summed E-state index contributed by atoms with van der Waals surface area (Å²) in [5.74, 6) is 0.